The fourth-order valence-electron chi connectivity index (χ4n) is 3.96. The molecule has 0 aliphatic carbocycles. The average Bonchev–Trinajstić information content (AvgIpc) is 2.74. The molecule has 2 fully saturated rings. The second-order valence-corrected chi connectivity index (χ2v) is 7.67. The Morgan fingerprint density at radius 2 is 1.79 bits per heavy atom. The van der Waals surface area contributed by atoms with Crippen molar-refractivity contribution in [3.8, 4) is 0 Å². The van der Waals surface area contributed by atoms with Crippen molar-refractivity contribution in [1.29, 1.82) is 0 Å². The Labute approximate surface area is 165 Å². The van der Waals surface area contributed by atoms with Crippen LogP contribution in [-0.4, -0.2) is 47.4 Å². The first-order valence-corrected chi connectivity index (χ1v) is 10.2. The maximum Gasteiger partial charge on any atom is 0.146 e. The van der Waals surface area contributed by atoms with E-state index < -0.39 is 0 Å². The lowest BCUT2D eigenvalue weighted by Crippen LogP contribution is -2.36. The highest BCUT2D eigenvalue weighted by atomic mass is 19.1. The van der Waals surface area contributed by atoms with E-state index in [4.69, 9.17) is 0 Å². The van der Waals surface area contributed by atoms with Crippen LogP contribution in [0.2, 0.25) is 0 Å². The summed E-state index contributed by atoms with van der Waals surface area (Å²) >= 11 is 0. The Bertz CT molecular complexity index is 788. The second kappa shape index (κ2) is 8.73. The molecule has 2 saturated heterocycles. The second-order valence-electron chi connectivity index (χ2n) is 7.67. The molecule has 2 aromatic rings. The molecule has 0 amide bonds. The summed E-state index contributed by atoms with van der Waals surface area (Å²) in [5, 5.41) is 12.9. The molecule has 0 atom stereocenters. The Kier molecular flexibility index (Phi) is 5.90. The van der Waals surface area contributed by atoms with Crippen LogP contribution in [0.5, 0.6) is 0 Å². The summed E-state index contributed by atoms with van der Waals surface area (Å²) in [5.41, 5.74) is 1.49. The molecular formula is C21H28FN5O. The van der Waals surface area contributed by atoms with Gasteiger partial charge in [0.05, 0.1) is 11.8 Å². The highest BCUT2D eigenvalue weighted by Crippen LogP contribution is 2.25. The number of hydrogen-bond donors (Lipinski definition) is 2. The molecule has 7 heteroatoms. The van der Waals surface area contributed by atoms with Gasteiger partial charge in [0.1, 0.15) is 23.8 Å². The summed E-state index contributed by atoms with van der Waals surface area (Å²) in [6.45, 7) is 3.96. The number of piperidine rings is 2. The fraction of sp³-hybridized carbons (Fsp3) is 0.524. The van der Waals surface area contributed by atoms with Crippen LogP contribution in [0.25, 0.3) is 0 Å². The third-order valence-corrected chi connectivity index (χ3v) is 5.62. The normalized spacial score (nSPS) is 18.4. The predicted octanol–water partition coefficient (Wildman–Crippen LogP) is 3.18. The Morgan fingerprint density at radius 1 is 1.00 bits per heavy atom. The van der Waals surface area contributed by atoms with Crippen molar-refractivity contribution in [3.05, 3.63) is 42.0 Å². The van der Waals surface area contributed by atoms with E-state index in [9.17, 15) is 9.50 Å². The van der Waals surface area contributed by atoms with Crippen LogP contribution in [0.3, 0.4) is 0 Å². The molecule has 150 valence electrons. The minimum absolute atomic E-state index is 0.215. The maximum absolute atomic E-state index is 14.6. The van der Waals surface area contributed by atoms with Crippen molar-refractivity contribution in [3.63, 3.8) is 0 Å². The van der Waals surface area contributed by atoms with Gasteiger partial charge in [0.15, 0.2) is 0 Å². The molecule has 2 aliphatic rings. The van der Waals surface area contributed by atoms with E-state index in [-0.39, 0.29) is 11.9 Å². The molecule has 0 spiro atoms. The Hall–Kier alpha value is -2.41. The van der Waals surface area contributed by atoms with Crippen molar-refractivity contribution in [2.24, 2.45) is 0 Å². The fourth-order valence-corrected chi connectivity index (χ4v) is 3.96. The maximum atomic E-state index is 14.6. The summed E-state index contributed by atoms with van der Waals surface area (Å²) < 4.78 is 14.6. The van der Waals surface area contributed by atoms with Crippen LogP contribution in [-0.2, 0) is 6.54 Å². The molecule has 1 aromatic carbocycles. The molecule has 0 radical (unpaired) electrons. The zero-order valence-corrected chi connectivity index (χ0v) is 16.1. The third-order valence-electron chi connectivity index (χ3n) is 5.62. The smallest absolute Gasteiger partial charge is 0.146 e. The van der Waals surface area contributed by atoms with Crippen LogP contribution in [0.4, 0.5) is 21.7 Å². The van der Waals surface area contributed by atoms with E-state index in [0.717, 1.165) is 30.3 Å². The lowest BCUT2D eigenvalue weighted by Gasteiger charge is -2.31. The van der Waals surface area contributed by atoms with Gasteiger partial charge < -0.3 is 20.2 Å². The predicted molar refractivity (Wildman–Crippen MR) is 109 cm³/mol. The number of aliphatic hydroxyl groups excluding tert-OH is 1. The van der Waals surface area contributed by atoms with Gasteiger partial charge in [-0.25, -0.2) is 14.4 Å². The molecule has 3 heterocycles. The van der Waals surface area contributed by atoms with Crippen molar-refractivity contribution in [2.75, 3.05) is 41.3 Å². The van der Waals surface area contributed by atoms with Crippen LogP contribution >= 0.6 is 0 Å². The first-order chi connectivity index (χ1) is 13.7. The van der Waals surface area contributed by atoms with Crippen molar-refractivity contribution < 1.29 is 9.50 Å². The van der Waals surface area contributed by atoms with Crippen LogP contribution in [0.1, 0.15) is 37.7 Å². The number of nitrogens with one attached hydrogen (secondary N) is 1. The summed E-state index contributed by atoms with van der Waals surface area (Å²) in [6, 6.07) is 7.33. The minimum atomic E-state index is -0.259. The molecule has 0 unspecified atom stereocenters. The SMILES string of the molecule is OC1CCN(c2ccc(CNc3cc(N4CCCCC4)ncn3)cc2F)CC1. The molecule has 2 aliphatic heterocycles. The van der Waals surface area contributed by atoms with E-state index in [1.54, 1.807) is 12.4 Å². The van der Waals surface area contributed by atoms with Gasteiger partial charge in [0.2, 0.25) is 0 Å². The lowest BCUT2D eigenvalue weighted by molar-refractivity contribution is 0.145. The lowest BCUT2D eigenvalue weighted by atomic mass is 10.1. The summed E-state index contributed by atoms with van der Waals surface area (Å²) in [7, 11) is 0. The van der Waals surface area contributed by atoms with Crippen molar-refractivity contribution in [2.45, 2.75) is 44.8 Å². The number of nitrogens with zero attached hydrogens (tertiary/aromatic N) is 4. The quantitative estimate of drug-likeness (QED) is 0.824. The molecule has 0 bridgehead atoms. The molecule has 0 saturated carbocycles. The van der Waals surface area contributed by atoms with E-state index in [1.807, 2.05) is 23.1 Å². The number of anilines is 3. The average molecular weight is 385 g/mol. The number of aromatic nitrogens is 2. The van der Waals surface area contributed by atoms with Gasteiger partial charge in [-0.2, -0.15) is 0 Å². The number of hydrogen-bond acceptors (Lipinski definition) is 6. The molecule has 28 heavy (non-hydrogen) atoms. The minimum Gasteiger partial charge on any atom is -0.393 e. The van der Waals surface area contributed by atoms with Gasteiger partial charge >= 0.3 is 0 Å². The summed E-state index contributed by atoms with van der Waals surface area (Å²) in [4.78, 5) is 13.0. The number of halogens is 1. The summed E-state index contributed by atoms with van der Waals surface area (Å²) in [6.07, 6.45) is 6.40. The highest BCUT2D eigenvalue weighted by molar-refractivity contribution is 5.51. The molecule has 6 nitrogen and oxygen atoms in total. The molecular weight excluding hydrogens is 357 g/mol. The van der Waals surface area contributed by atoms with Gasteiger partial charge in [-0.05, 0) is 49.8 Å². The van der Waals surface area contributed by atoms with Gasteiger partial charge in [-0.15, -0.1) is 0 Å². The van der Waals surface area contributed by atoms with Gasteiger partial charge in [-0.1, -0.05) is 6.07 Å². The third kappa shape index (κ3) is 4.52. The van der Waals surface area contributed by atoms with Gasteiger partial charge in [0.25, 0.3) is 0 Å². The molecule has 2 N–H and O–H groups in total. The van der Waals surface area contributed by atoms with Crippen molar-refractivity contribution in [1.82, 2.24) is 9.97 Å². The number of benzene rings is 1. The molecule has 1 aromatic heterocycles. The van der Waals surface area contributed by atoms with Crippen molar-refractivity contribution >= 4 is 17.3 Å². The largest absolute Gasteiger partial charge is 0.393 e. The Morgan fingerprint density at radius 3 is 2.54 bits per heavy atom. The zero-order chi connectivity index (χ0) is 19.3. The summed E-state index contributed by atoms with van der Waals surface area (Å²) in [5.74, 6) is 1.49. The monoisotopic (exact) mass is 385 g/mol. The van der Waals surface area contributed by atoms with E-state index in [1.165, 1.54) is 19.3 Å². The topological polar surface area (TPSA) is 64.5 Å². The molecule has 4 rings (SSSR count). The number of rotatable bonds is 5. The van der Waals surface area contributed by atoms with Gasteiger partial charge in [-0.3, -0.25) is 0 Å². The van der Waals surface area contributed by atoms with Crippen LogP contribution in [0.15, 0.2) is 30.6 Å². The van der Waals surface area contributed by atoms with E-state index in [0.29, 0.717) is 38.2 Å². The highest BCUT2D eigenvalue weighted by Gasteiger charge is 2.19. The van der Waals surface area contributed by atoms with Crippen LogP contribution in [0, 0.1) is 5.82 Å². The number of aliphatic hydroxyl groups is 1. The van der Waals surface area contributed by atoms with Crippen LogP contribution < -0.4 is 15.1 Å². The zero-order valence-electron chi connectivity index (χ0n) is 16.1. The standard InChI is InChI=1S/C21H28FN5O/c22-18-12-16(4-5-19(18)26-10-6-17(28)7-11-26)14-23-20-13-21(25-15-24-20)27-8-2-1-3-9-27/h4-5,12-13,15,17,28H,1-3,6-11,14H2,(H,23,24,25). The Balaban J connectivity index is 1.38. The first kappa shape index (κ1) is 18.9. The van der Waals surface area contributed by atoms with Gasteiger partial charge in [0, 0.05) is 38.8 Å². The first-order valence-electron chi connectivity index (χ1n) is 10.2. The van der Waals surface area contributed by atoms with E-state index >= 15 is 0 Å². The van der Waals surface area contributed by atoms with E-state index in [2.05, 4.69) is 20.2 Å².